The van der Waals surface area contributed by atoms with Gasteiger partial charge in [0.1, 0.15) is 0 Å². The molecule has 0 aliphatic heterocycles. The van der Waals surface area contributed by atoms with Gasteiger partial charge in [0.25, 0.3) is 10.1 Å². The van der Waals surface area contributed by atoms with Crippen LogP contribution in [-0.2, 0) is 14.3 Å². The van der Waals surface area contributed by atoms with Crippen LogP contribution in [0.1, 0.15) is 5.56 Å². The van der Waals surface area contributed by atoms with E-state index in [1.807, 2.05) is 0 Å². The quantitative estimate of drug-likeness (QED) is 0.693. The molecule has 0 amide bonds. The van der Waals surface area contributed by atoms with Gasteiger partial charge < -0.3 is 0 Å². The number of hydrogen-bond donors (Lipinski definition) is 0. The van der Waals surface area contributed by atoms with Gasteiger partial charge in [0.05, 0.1) is 12.0 Å². The van der Waals surface area contributed by atoms with E-state index in [2.05, 4.69) is 10.8 Å². The van der Waals surface area contributed by atoms with Crippen molar-refractivity contribution in [2.75, 3.05) is 7.11 Å². The van der Waals surface area contributed by atoms with Crippen LogP contribution < -0.4 is 0 Å². The Kier molecular flexibility index (Phi) is 2.85. The van der Waals surface area contributed by atoms with Crippen molar-refractivity contribution in [1.29, 1.82) is 0 Å². The first-order valence-electron chi connectivity index (χ1n) is 3.63. The molecule has 0 spiro atoms. The summed E-state index contributed by atoms with van der Waals surface area (Å²) < 4.78 is 26.7. The lowest BCUT2D eigenvalue weighted by molar-refractivity contribution is 0.408. The minimum absolute atomic E-state index is 0.0180. The summed E-state index contributed by atoms with van der Waals surface area (Å²) in [5, 5.41) is 0. The average Bonchev–Trinajstić information content (AvgIpc) is 2.18. The third kappa shape index (κ3) is 2.17. The summed E-state index contributed by atoms with van der Waals surface area (Å²) >= 11 is 0. The first kappa shape index (κ1) is 9.95. The van der Waals surface area contributed by atoms with Gasteiger partial charge in [-0.3, -0.25) is 4.18 Å². The zero-order valence-electron chi connectivity index (χ0n) is 7.23. The number of rotatable bonds is 3. The van der Waals surface area contributed by atoms with Crippen molar-refractivity contribution in [1.82, 2.24) is 0 Å². The highest BCUT2D eigenvalue weighted by atomic mass is 32.2. The molecule has 0 aromatic heterocycles. The highest BCUT2D eigenvalue weighted by Gasteiger charge is 2.15. The maximum absolute atomic E-state index is 11.2. The summed E-state index contributed by atoms with van der Waals surface area (Å²) in [4.78, 5) is -0.0180. The lowest BCUT2D eigenvalue weighted by Gasteiger charge is -2.04. The molecule has 1 aromatic carbocycles. The fourth-order valence-electron chi connectivity index (χ4n) is 0.869. The van der Waals surface area contributed by atoms with Crippen LogP contribution in [-0.4, -0.2) is 15.5 Å². The molecular formula is C9H10O3S. The molecule has 0 unspecified atom stereocenters. The van der Waals surface area contributed by atoms with Gasteiger partial charge in [-0.05, 0) is 5.56 Å². The normalized spacial score (nSPS) is 11.2. The Bertz CT molecular complexity index is 392. The maximum Gasteiger partial charge on any atom is 0.296 e. The topological polar surface area (TPSA) is 43.4 Å². The fourth-order valence-corrected chi connectivity index (χ4v) is 1.49. The molecule has 70 valence electrons. The Labute approximate surface area is 77.8 Å². The molecule has 4 heteroatoms. The first-order valence-corrected chi connectivity index (χ1v) is 5.03. The van der Waals surface area contributed by atoms with Crippen LogP contribution in [0.25, 0.3) is 4.91 Å². The molecule has 13 heavy (non-hydrogen) atoms. The van der Waals surface area contributed by atoms with Gasteiger partial charge in [-0.2, -0.15) is 8.42 Å². The van der Waals surface area contributed by atoms with Gasteiger partial charge in [0.15, 0.2) is 0 Å². The lowest BCUT2D eigenvalue weighted by atomic mass is 10.2. The smallest absolute Gasteiger partial charge is 0.270 e. The predicted molar refractivity (Wildman–Crippen MR) is 51.4 cm³/mol. The van der Waals surface area contributed by atoms with Crippen molar-refractivity contribution in [3.05, 3.63) is 42.5 Å². The largest absolute Gasteiger partial charge is 0.296 e. The van der Waals surface area contributed by atoms with Crippen molar-refractivity contribution in [3.63, 3.8) is 0 Å². The minimum atomic E-state index is -3.65. The van der Waals surface area contributed by atoms with Crippen LogP contribution >= 0.6 is 0 Å². The number of hydrogen-bond acceptors (Lipinski definition) is 3. The van der Waals surface area contributed by atoms with Crippen molar-refractivity contribution in [3.8, 4) is 0 Å². The second kappa shape index (κ2) is 3.72. The Morgan fingerprint density at radius 1 is 1.31 bits per heavy atom. The number of benzene rings is 1. The van der Waals surface area contributed by atoms with Crippen molar-refractivity contribution >= 4 is 15.0 Å². The van der Waals surface area contributed by atoms with E-state index in [0.717, 1.165) is 7.11 Å². The zero-order valence-corrected chi connectivity index (χ0v) is 8.04. The highest BCUT2D eigenvalue weighted by molar-refractivity contribution is 7.96. The molecule has 0 radical (unpaired) electrons. The van der Waals surface area contributed by atoms with Crippen LogP contribution in [0, 0.1) is 0 Å². The van der Waals surface area contributed by atoms with E-state index in [1.54, 1.807) is 30.3 Å². The summed E-state index contributed by atoms with van der Waals surface area (Å²) in [7, 11) is -2.53. The Morgan fingerprint density at radius 3 is 2.31 bits per heavy atom. The van der Waals surface area contributed by atoms with E-state index in [1.165, 1.54) is 0 Å². The Morgan fingerprint density at radius 2 is 1.85 bits per heavy atom. The third-order valence-corrected chi connectivity index (χ3v) is 2.90. The van der Waals surface area contributed by atoms with E-state index in [0.29, 0.717) is 5.56 Å². The summed E-state index contributed by atoms with van der Waals surface area (Å²) in [6.45, 7) is 3.45. The first-order chi connectivity index (χ1) is 6.08. The molecule has 1 aromatic rings. The van der Waals surface area contributed by atoms with E-state index in [4.69, 9.17) is 0 Å². The highest BCUT2D eigenvalue weighted by Crippen LogP contribution is 2.18. The fraction of sp³-hybridized carbons (Fsp3) is 0.111. The Hall–Kier alpha value is -1.13. The standard InChI is InChI=1S/C9H10O3S/c1-8(13(10,11)12-2)9-6-4-3-5-7-9/h3-7H,1H2,2H3. The van der Waals surface area contributed by atoms with Gasteiger partial charge in [0, 0.05) is 0 Å². The second-order valence-electron chi connectivity index (χ2n) is 2.41. The second-order valence-corrected chi connectivity index (χ2v) is 4.14. The molecule has 0 heterocycles. The lowest BCUT2D eigenvalue weighted by Crippen LogP contribution is -2.03. The molecule has 0 saturated carbocycles. The van der Waals surface area contributed by atoms with Gasteiger partial charge >= 0.3 is 0 Å². The van der Waals surface area contributed by atoms with Crippen molar-refractivity contribution in [2.24, 2.45) is 0 Å². The van der Waals surface area contributed by atoms with Crippen LogP contribution in [0.5, 0.6) is 0 Å². The monoisotopic (exact) mass is 198 g/mol. The Balaban J connectivity index is 3.07. The van der Waals surface area contributed by atoms with Gasteiger partial charge in [0.2, 0.25) is 0 Å². The van der Waals surface area contributed by atoms with E-state index >= 15 is 0 Å². The molecular weight excluding hydrogens is 188 g/mol. The molecule has 0 bridgehead atoms. The minimum Gasteiger partial charge on any atom is -0.270 e. The summed E-state index contributed by atoms with van der Waals surface area (Å²) in [6, 6.07) is 8.62. The van der Waals surface area contributed by atoms with E-state index < -0.39 is 10.1 Å². The zero-order chi connectivity index (χ0) is 9.90. The van der Waals surface area contributed by atoms with Crippen LogP contribution in [0.3, 0.4) is 0 Å². The van der Waals surface area contributed by atoms with Gasteiger partial charge in [-0.25, -0.2) is 0 Å². The van der Waals surface area contributed by atoms with Crippen molar-refractivity contribution < 1.29 is 12.6 Å². The summed E-state index contributed by atoms with van der Waals surface area (Å²) in [6.07, 6.45) is 0. The van der Waals surface area contributed by atoms with Crippen molar-refractivity contribution in [2.45, 2.75) is 0 Å². The third-order valence-electron chi connectivity index (χ3n) is 1.62. The molecule has 0 fully saturated rings. The van der Waals surface area contributed by atoms with Crippen LogP contribution in [0.15, 0.2) is 36.9 Å². The molecule has 3 nitrogen and oxygen atoms in total. The maximum atomic E-state index is 11.2. The summed E-state index contributed by atoms with van der Waals surface area (Å²) in [5.41, 5.74) is 0.546. The molecule has 0 atom stereocenters. The molecule has 0 N–H and O–H groups in total. The van der Waals surface area contributed by atoms with Crippen LogP contribution in [0.4, 0.5) is 0 Å². The molecule has 0 saturated heterocycles. The average molecular weight is 198 g/mol. The molecule has 0 aliphatic rings. The van der Waals surface area contributed by atoms with E-state index in [-0.39, 0.29) is 4.91 Å². The molecule has 1 rings (SSSR count). The van der Waals surface area contributed by atoms with E-state index in [9.17, 15) is 8.42 Å². The van der Waals surface area contributed by atoms with Gasteiger partial charge in [-0.15, -0.1) is 0 Å². The predicted octanol–water partition coefficient (Wildman–Crippen LogP) is 1.63. The van der Waals surface area contributed by atoms with Crippen LogP contribution in [0.2, 0.25) is 0 Å². The summed E-state index contributed by atoms with van der Waals surface area (Å²) in [5.74, 6) is 0. The molecule has 0 aliphatic carbocycles. The SMILES string of the molecule is C=C(c1ccccc1)S(=O)(=O)OC. The van der Waals surface area contributed by atoms with Gasteiger partial charge in [-0.1, -0.05) is 36.9 Å².